The standard InChI is InChI=1S/C13H21NO/c1-4-9-14(2)10-8-12-6-5-7-13(11-12)15-3/h5-7,11H,4,8-10H2,1-3H3. The molecule has 0 atom stereocenters. The minimum atomic E-state index is 0.950. The van der Waals surface area contributed by atoms with Crippen molar-refractivity contribution >= 4 is 0 Å². The second kappa shape index (κ2) is 6.46. The predicted octanol–water partition coefficient (Wildman–Crippen LogP) is 2.58. The van der Waals surface area contributed by atoms with E-state index >= 15 is 0 Å². The van der Waals surface area contributed by atoms with Crippen LogP contribution in [0.5, 0.6) is 5.75 Å². The Labute approximate surface area is 92.9 Å². The molecule has 1 aromatic rings. The normalized spacial score (nSPS) is 10.7. The molecule has 0 aliphatic rings. The summed E-state index contributed by atoms with van der Waals surface area (Å²) in [7, 11) is 3.88. The first kappa shape index (κ1) is 12.1. The fraction of sp³-hybridized carbons (Fsp3) is 0.538. The summed E-state index contributed by atoms with van der Waals surface area (Å²) < 4.78 is 5.20. The van der Waals surface area contributed by atoms with Crippen LogP contribution in [0.25, 0.3) is 0 Å². The minimum Gasteiger partial charge on any atom is -0.497 e. The lowest BCUT2D eigenvalue weighted by Crippen LogP contribution is -2.21. The zero-order chi connectivity index (χ0) is 11.1. The Morgan fingerprint density at radius 2 is 2.07 bits per heavy atom. The van der Waals surface area contributed by atoms with Gasteiger partial charge in [0.2, 0.25) is 0 Å². The Kier molecular flexibility index (Phi) is 5.19. The zero-order valence-electron chi connectivity index (χ0n) is 9.99. The van der Waals surface area contributed by atoms with Crippen LogP contribution in [0.1, 0.15) is 18.9 Å². The molecule has 84 valence electrons. The number of nitrogens with zero attached hydrogens (tertiary/aromatic N) is 1. The number of rotatable bonds is 6. The van der Waals surface area contributed by atoms with Crippen molar-refractivity contribution in [3.05, 3.63) is 29.8 Å². The highest BCUT2D eigenvalue weighted by molar-refractivity contribution is 5.28. The van der Waals surface area contributed by atoms with Crippen LogP contribution in [0.3, 0.4) is 0 Å². The smallest absolute Gasteiger partial charge is 0.119 e. The lowest BCUT2D eigenvalue weighted by atomic mass is 10.1. The molecule has 0 saturated heterocycles. The van der Waals surface area contributed by atoms with E-state index in [1.807, 2.05) is 12.1 Å². The number of likely N-dealkylation sites (N-methyl/N-ethyl adjacent to an activating group) is 1. The molecular weight excluding hydrogens is 186 g/mol. The van der Waals surface area contributed by atoms with E-state index in [2.05, 4.69) is 31.0 Å². The van der Waals surface area contributed by atoms with Gasteiger partial charge in [0.1, 0.15) is 5.75 Å². The molecule has 2 nitrogen and oxygen atoms in total. The van der Waals surface area contributed by atoms with Gasteiger partial charge in [0, 0.05) is 6.54 Å². The third kappa shape index (κ3) is 4.34. The van der Waals surface area contributed by atoms with E-state index < -0.39 is 0 Å². The molecule has 0 heterocycles. The van der Waals surface area contributed by atoms with Crippen molar-refractivity contribution in [2.45, 2.75) is 19.8 Å². The SMILES string of the molecule is CCCN(C)CCc1cccc(OC)c1. The molecule has 1 rings (SSSR count). The maximum absolute atomic E-state index is 5.20. The average Bonchev–Trinajstić information content (AvgIpc) is 2.27. The Balaban J connectivity index is 2.43. The highest BCUT2D eigenvalue weighted by Gasteiger charge is 1.99. The second-order valence-corrected chi connectivity index (χ2v) is 3.90. The largest absolute Gasteiger partial charge is 0.497 e. The van der Waals surface area contributed by atoms with E-state index in [1.165, 1.54) is 18.5 Å². The molecule has 0 fully saturated rings. The Morgan fingerprint density at radius 1 is 1.27 bits per heavy atom. The van der Waals surface area contributed by atoms with Crippen LogP contribution < -0.4 is 4.74 Å². The van der Waals surface area contributed by atoms with Crippen LogP contribution in [0.2, 0.25) is 0 Å². The summed E-state index contributed by atoms with van der Waals surface area (Å²) in [6.07, 6.45) is 2.31. The summed E-state index contributed by atoms with van der Waals surface area (Å²) in [6.45, 7) is 4.49. The van der Waals surface area contributed by atoms with Gasteiger partial charge in [-0.1, -0.05) is 19.1 Å². The van der Waals surface area contributed by atoms with Gasteiger partial charge in [-0.05, 0) is 44.1 Å². The Morgan fingerprint density at radius 3 is 2.73 bits per heavy atom. The maximum Gasteiger partial charge on any atom is 0.119 e. The van der Waals surface area contributed by atoms with Crippen LogP contribution in [0.4, 0.5) is 0 Å². The lowest BCUT2D eigenvalue weighted by Gasteiger charge is -2.15. The number of methoxy groups -OCH3 is 1. The van der Waals surface area contributed by atoms with Gasteiger partial charge in [-0.3, -0.25) is 0 Å². The Bertz CT molecular complexity index is 286. The molecule has 0 radical (unpaired) electrons. The summed E-state index contributed by atoms with van der Waals surface area (Å²) in [4.78, 5) is 2.36. The van der Waals surface area contributed by atoms with Gasteiger partial charge in [0.25, 0.3) is 0 Å². The van der Waals surface area contributed by atoms with Gasteiger partial charge in [-0.2, -0.15) is 0 Å². The van der Waals surface area contributed by atoms with E-state index in [9.17, 15) is 0 Å². The molecule has 0 aliphatic heterocycles. The third-order valence-electron chi connectivity index (χ3n) is 2.52. The van der Waals surface area contributed by atoms with Crippen molar-refractivity contribution in [2.24, 2.45) is 0 Å². The third-order valence-corrected chi connectivity index (χ3v) is 2.52. The van der Waals surface area contributed by atoms with Crippen molar-refractivity contribution in [1.82, 2.24) is 4.90 Å². The van der Waals surface area contributed by atoms with Gasteiger partial charge >= 0.3 is 0 Å². The van der Waals surface area contributed by atoms with Crippen molar-refractivity contribution in [1.29, 1.82) is 0 Å². The quantitative estimate of drug-likeness (QED) is 0.711. The molecule has 15 heavy (non-hydrogen) atoms. The fourth-order valence-electron chi connectivity index (χ4n) is 1.64. The first-order chi connectivity index (χ1) is 7.26. The molecular formula is C13H21NO. The van der Waals surface area contributed by atoms with Gasteiger partial charge < -0.3 is 9.64 Å². The van der Waals surface area contributed by atoms with Crippen molar-refractivity contribution < 1.29 is 4.74 Å². The van der Waals surface area contributed by atoms with E-state index in [-0.39, 0.29) is 0 Å². The summed E-state index contributed by atoms with van der Waals surface area (Å²) in [6, 6.07) is 8.30. The molecule has 1 aromatic carbocycles. The summed E-state index contributed by atoms with van der Waals surface area (Å²) in [5.41, 5.74) is 1.34. The molecule has 0 amide bonds. The molecule has 0 aromatic heterocycles. The first-order valence-corrected chi connectivity index (χ1v) is 5.57. The number of hydrogen-bond donors (Lipinski definition) is 0. The average molecular weight is 207 g/mol. The predicted molar refractivity (Wildman–Crippen MR) is 64.5 cm³/mol. The lowest BCUT2D eigenvalue weighted by molar-refractivity contribution is 0.339. The van der Waals surface area contributed by atoms with Gasteiger partial charge in [-0.15, -0.1) is 0 Å². The monoisotopic (exact) mass is 207 g/mol. The first-order valence-electron chi connectivity index (χ1n) is 5.57. The number of ether oxygens (including phenoxy) is 1. The highest BCUT2D eigenvalue weighted by Crippen LogP contribution is 2.13. The number of hydrogen-bond acceptors (Lipinski definition) is 2. The Hall–Kier alpha value is -1.02. The van der Waals surface area contributed by atoms with Gasteiger partial charge in [0.05, 0.1) is 7.11 Å². The zero-order valence-corrected chi connectivity index (χ0v) is 9.99. The molecule has 0 N–H and O–H groups in total. The van der Waals surface area contributed by atoms with Crippen molar-refractivity contribution in [3.8, 4) is 5.75 Å². The van der Waals surface area contributed by atoms with Crippen LogP contribution in [0, 0.1) is 0 Å². The van der Waals surface area contributed by atoms with E-state index in [1.54, 1.807) is 7.11 Å². The molecule has 0 spiro atoms. The van der Waals surface area contributed by atoms with Crippen molar-refractivity contribution in [3.63, 3.8) is 0 Å². The summed E-state index contributed by atoms with van der Waals surface area (Å²) in [5, 5.41) is 0. The van der Waals surface area contributed by atoms with Crippen LogP contribution in [-0.2, 0) is 6.42 Å². The van der Waals surface area contributed by atoms with Crippen LogP contribution >= 0.6 is 0 Å². The van der Waals surface area contributed by atoms with E-state index in [0.717, 1.165) is 18.7 Å². The van der Waals surface area contributed by atoms with Crippen LogP contribution in [-0.4, -0.2) is 32.1 Å². The summed E-state index contributed by atoms with van der Waals surface area (Å²) in [5.74, 6) is 0.950. The van der Waals surface area contributed by atoms with E-state index in [4.69, 9.17) is 4.74 Å². The topological polar surface area (TPSA) is 12.5 Å². The molecule has 0 unspecified atom stereocenters. The van der Waals surface area contributed by atoms with Gasteiger partial charge in [-0.25, -0.2) is 0 Å². The van der Waals surface area contributed by atoms with Crippen LogP contribution in [0.15, 0.2) is 24.3 Å². The fourth-order valence-corrected chi connectivity index (χ4v) is 1.64. The number of benzene rings is 1. The van der Waals surface area contributed by atoms with E-state index in [0.29, 0.717) is 0 Å². The molecule has 0 aliphatic carbocycles. The molecule has 0 bridgehead atoms. The summed E-state index contributed by atoms with van der Waals surface area (Å²) >= 11 is 0. The van der Waals surface area contributed by atoms with Gasteiger partial charge in [0.15, 0.2) is 0 Å². The molecule has 0 saturated carbocycles. The second-order valence-electron chi connectivity index (χ2n) is 3.90. The molecule has 2 heteroatoms. The van der Waals surface area contributed by atoms with Crippen molar-refractivity contribution in [2.75, 3.05) is 27.2 Å². The minimum absolute atomic E-state index is 0.950. The maximum atomic E-state index is 5.20. The highest BCUT2D eigenvalue weighted by atomic mass is 16.5.